The maximum absolute atomic E-state index is 13.2. The summed E-state index contributed by atoms with van der Waals surface area (Å²) < 4.78 is 87.9. The second kappa shape index (κ2) is 9.40. The van der Waals surface area contributed by atoms with Crippen LogP contribution < -0.4 is 10.1 Å². The molecule has 2 aromatic carbocycles. The predicted octanol–water partition coefficient (Wildman–Crippen LogP) is 4.97. The Morgan fingerprint density at radius 3 is 2.16 bits per heavy atom. The summed E-state index contributed by atoms with van der Waals surface area (Å²) in [7, 11) is 0. The van der Waals surface area contributed by atoms with Gasteiger partial charge in [0.05, 0.1) is 23.1 Å². The van der Waals surface area contributed by atoms with Crippen molar-refractivity contribution in [1.29, 1.82) is 0 Å². The number of rotatable bonds is 6. The molecule has 0 atom stereocenters. The molecule has 3 rings (SSSR count). The number of hydrogen-bond acceptors (Lipinski definition) is 3. The Kier molecular flexibility index (Phi) is 7.02. The van der Waals surface area contributed by atoms with Crippen molar-refractivity contribution in [2.45, 2.75) is 30.6 Å². The highest BCUT2D eigenvalue weighted by Crippen LogP contribution is 2.38. The number of carbonyl (C=O) groups excluding carboxylic acids is 1. The average Bonchev–Trinajstić information content (AvgIpc) is 2.76. The van der Waals surface area contributed by atoms with Crippen LogP contribution in [0.2, 0.25) is 0 Å². The summed E-state index contributed by atoms with van der Waals surface area (Å²) >= 11 is 0. The fraction of sp³-hybridized carbons (Fsp3) is 0.409. The van der Waals surface area contributed by atoms with Gasteiger partial charge in [-0.3, -0.25) is 4.79 Å². The lowest BCUT2D eigenvalue weighted by Crippen LogP contribution is -2.49. The third kappa shape index (κ3) is 5.53. The van der Waals surface area contributed by atoms with Crippen LogP contribution in [0, 0.1) is 0 Å². The molecule has 0 radical (unpaired) electrons. The van der Waals surface area contributed by atoms with Crippen molar-refractivity contribution in [3.05, 3.63) is 65.2 Å². The van der Waals surface area contributed by atoms with Crippen LogP contribution in [0.15, 0.2) is 48.5 Å². The van der Waals surface area contributed by atoms with Crippen LogP contribution in [0.5, 0.6) is 5.75 Å². The molecule has 32 heavy (non-hydrogen) atoms. The molecule has 1 amide bonds. The molecule has 0 aromatic heterocycles. The first-order valence-electron chi connectivity index (χ1n) is 9.86. The molecule has 1 saturated heterocycles. The Labute approximate surface area is 180 Å². The van der Waals surface area contributed by atoms with E-state index >= 15 is 0 Å². The van der Waals surface area contributed by atoms with Crippen molar-refractivity contribution in [2.24, 2.45) is 0 Å². The molecule has 0 unspecified atom stereocenters. The molecule has 4 nitrogen and oxygen atoms in total. The monoisotopic (exact) mass is 461 g/mol. The van der Waals surface area contributed by atoms with Gasteiger partial charge in [0, 0.05) is 13.2 Å². The SMILES string of the molecule is O=C(NCCOc1ccc(C(F)(F)F)cc1)C1(c2cccc(C(F)(F)F)c2)CCOCC1. The average molecular weight is 461 g/mol. The van der Waals surface area contributed by atoms with Crippen LogP contribution in [0.4, 0.5) is 26.3 Å². The van der Waals surface area contributed by atoms with Crippen LogP contribution in [0.25, 0.3) is 0 Å². The molecule has 174 valence electrons. The number of benzene rings is 2. The topological polar surface area (TPSA) is 47.6 Å². The van der Waals surface area contributed by atoms with Gasteiger partial charge < -0.3 is 14.8 Å². The van der Waals surface area contributed by atoms with E-state index in [2.05, 4.69) is 5.32 Å². The Hall–Kier alpha value is -2.75. The van der Waals surface area contributed by atoms with Crippen molar-refractivity contribution in [3.8, 4) is 5.75 Å². The minimum absolute atomic E-state index is 0.0216. The first-order valence-corrected chi connectivity index (χ1v) is 9.86. The predicted molar refractivity (Wildman–Crippen MR) is 103 cm³/mol. The second-order valence-electron chi connectivity index (χ2n) is 7.40. The largest absolute Gasteiger partial charge is 0.492 e. The van der Waals surface area contributed by atoms with Crippen molar-refractivity contribution >= 4 is 5.91 Å². The number of carbonyl (C=O) groups is 1. The van der Waals surface area contributed by atoms with E-state index in [1.165, 1.54) is 24.3 Å². The molecule has 0 spiro atoms. The van der Waals surface area contributed by atoms with E-state index in [0.29, 0.717) is 0 Å². The van der Waals surface area contributed by atoms with E-state index in [1.807, 2.05) is 0 Å². The van der Waals surface area contributed by atoms with Crippen molar-refractivity contribution in [3.63, 3.8) is 0 Å². The lowest BCUT2D eigenvalue weighted by atomic mass is 9.73. The first kappa shape index (κ1) is 23.9. The quantitative estimate of drug-likeness (QED) is 0.488. The zero-order valence-electron chi connectivity index (χ0n) is 16.9. The van der Waals surface area contributed by atoms with Gasteiger partial charge in [-0.2, -0.15) is 26.3 Å². The van der Waals surface area contributed by atoms with E-state index in [9.17, 15) is 31.1 Å². The number of halogens is 6. The molecule has 1 heterocycles. The van der Waals surface area contributed by atoms with E-state index in [-0.39, 0.29) is 50.5 Å². The van der Waals surface area contributed by atoms with E-state index in [1.54, 1.807) is 0 Å². The van der Waals surface area contributed by atoms with Crippen LogP contribution in [-0.4, -0.2) is 32.3 Å². The van der Waals surface area contributed by atoms with Crippen molar-refractivity contribution < 1.29 is 40.6 Å². The van der Waals surface area contributed by atoms with E-state index < -0.39 is 34.8 Å². The zero-order valence-corrected chi connectivity index (χ0v) is 16.9. The maximum atomic E-state index is 13.2. The number of amides is 1. The van der Waals surface area contributed by atoms with E-state index in [4.69, 9.17) is 9.47 Å². The van der Waals surface area contributed by atoms with Crippen LogP contribution in [0.1, 0.15) is 29.5 Å². The standard InChI is InChI=1S/C22H21F6NO3/c23-21(24,25)15-4-6-18(7-5-15)32-13-10-29-19(30)20(8-11-31-12-9-20)16-2-1-3-17(14-16)22(26,27)28/h1-7,14H,8-13H2,(H,29,30). The van der Waals surface area contributed by atoms with Crippen molar-refractivity contribution in [2.75, 3.05) is 26.4 Å². The Balaban J connectivity index is 1.65. The number of nitrogens with one attached hydrogen (secondary N) is 1. The zero-order chi connectivity index (χ0) is 23.4. The molecule has 0 saturated carbocycles. The Bertz CT molecular complexity index is 918. The fourth-order valence-electron chi connectivity index (χ4n) is 3.60. The van der Waals surface area contributed by atoms with Gasteiger partial charge in [0.2, 0.25) is 5.91 Å². The number of ether oxygens (including phenoxy) is 2. The van der Waals surface area contributed by atoms with Gasteiger partial charge in [-0.25, -0.2) is 0 Å². The summed E-state index contributed by atoms with van der Waals surface area (Å²) in [5, 5.41) is 2.68. The summed E-state index contributed by atoms with van der Waals surface area (Å²) in [5.74, 6) is -0.248. The first-order chi connectivity index (χ1) is 15.0. The summed E-state index contributed by atoms with van der Waals surface area (Å²) in [4.78, 5) is 13.0. The Morgan fingerprint density at radius 2 is 1.56 bits per heavy atom. The molecular formula is C22H21F6NO3. The van der Waals surface area contributed by atoms with Gasteiger partial charge in [0.1, 0.15) is 12.4 Å². The molecular weight excluding hydrogens is 440 g/mol. The van der Waals surface area contributed by atoms with Gasteiger partial charge in [-0.15, -0.1) is 0 Å². The smallest absolute Gasteiger partial charge is 0.416 e. The Morgan fingerprint density at radius 1 is 0.938 bits per heavy atom. The molecule has 1 aliphatic rings. The lowest BCUT2D eigenvalue weighted by molar-refractivity contribution is -0.138. The second-order valence-corrected chi connectivity index (χ2v) is 7.40. The molecule has 2 aromatic rings. The molecule has 1 N–H and O–H groups in total. The van der Waals surface area contributed by atoms with Crippen LogP contribution >= 0.6 is 0 Å². The van der Waals surface area contributed by atoms with Crippen molar-refractivity contribution in [1.82, 2.24) is 5.32 Å². The maximum Gasteiger partial charge on any atom is 0.416 e. The van der Waals surface area contributed by atoms with Gasteiger partial charge in [0.15, 0.2) is 0 Å². The van der Waals surface area contributed by atoms with Gasteiger partial charge in [-0.1, -0.05) is 18.2 Å². The molecule has 1 fully saturated rings. The van der Waals surface area contributed by atoms with Crippen LogP contribution in [0.3, 0.4) is 0 Å². The highest BCUT2D eigenvalue weighted by atomic mass is 19.4. The van der Waals surface area contributed by atoms with Gasteiger partial charge in [-0.05, 0) is 48.7 Å². The minimum atomic E-state index is -4.53. The highest BCUT2D eigenvalue weighted by molar-refractivity contribution is 5.88. The number of hydrogen-bond donors (Lipinski definition) is 1. The highest BCUT2D eigenvalue weighted by Gasteiger charge is 2.43. The normalized spacial score (nSPS) is 16.4. The van der Waals surface area contributed by atoms with E-state index in [0.717, 1.165) is 24.3 Å². The summed E-state index contributed by atoms with van der Waals surface area (Å²) in [6.07, 6.45) is -8.54. The summed E-state index contributed by atoms with van der Waals surface area (Å²) in [5.41, 5.74) is -2.55. The number of alkyl halides is 6. The summed E-state index contributed by atoms with van der Waals surface area (Å²) in [6, 6.07) is 8.84. The lowest BCUT2D eigenvalue weighted by Gasteiger charge is -2.36. The molecule has 0 bridgehead atoms. The molecule has 1 aliphatic heterocycles. The third-order valence-corrected chi connectivity index (χ3v) is 5.36. The van der Waals surface area contributed by atoms with Gasteiger partial charge in [0.25, 0.3) is 0 Å². The molecule has 0 aliphatic carbocycles. The van der Waals surface area contributed by atoms with Gasteiger partial charge >= 0.3 is 12.4 Å². The molecule has 10 heteroatoms. The fourth-order valence-corrected chi connectivity index (χ4v) is 3.60. The third-order valence-electron chi connectivity index (χ3n) is 5.36. The van der Waals surface area contributed by atoms with Crippen LogP contribution in [-0.2, 0) is 27.3 Å². The minimum Gasteiger partial charge on any atom is -0.492 e. The summed E-state index contributed by atoms with van der Waals surface area (Å²) in [6.45, 7) is 0.463.